The lowest BCUT2D eigenvalue weighted by Crippen LogP contribution is -2.33. The monoisotopic (exact) mass is 417 g/mol. The number of hydrogen-bond acceptors (Lipinski definition) is 7. The summed E-state index contributed by atoms with van der Waals surface area (Å²) < 4.78 is 4.87. The highest BCUT2D eigenvalue weighted by Gasteiger charge is 2.33. The molecule has 0 spiro atoms. The Hall–Kier alpha value is -2.68. The van der Waals surface area contributed by atoms with Crippen molar-refractivity contribution in [2.24, 2.45) is 4.99 Å². The predicted molar refractivity (Wildman–Crippen MR) is 110 cm³/mol. The molecule has 1 N–H and O–H groups in total. The lowest BCUT2D eigenvalue weighted by atomic mass is 10.1. The molecule has 2 aliphatic rings. The number of likely N-dealkylation sites (tertiary alicyclic amines) is 1. The van der Waals surface area contributed by atoms with E-state index < -0.39 is 11.2 Å². The summed E-state index contributed by atoms with van der Waals surface area (Å²) >= 11 is 1.34. The molecule has 8 nitrogen and oxygen atoms in total. The van der Waals surface area contributed by atoms with Crippen molar-refractivity contribution in [1.29, 1.82) is 0 Å². The van der Waals surface area contributed by atoms with E-state index >= 15 is 0 Å². The van der Waals surface area contributed by atoms with Gasteiger partial charge in [-0.1, -0.05) is 17.8 Å². The smallest absolute Gasteiger partial charge is 0.338 e. The first-order valence-corrected chi connectivity index (χ1v) is 10.4. The number of carbonyl (C=O) groups excluding carboxylic acids is 4. The molecule has 0 radical (unpaired) electrons. The molecule has 0 unspecified atom stereocenters. The summed E-state index contributed by atoms with van der Waals surface area (Å²) in [7, 11) is 0. The van der Waals surface area contributed by atoms with E-state index in [1.165, 1.54) is 37.2 Å². The van der Waals surface area contributed by atoms with Crippen molar-refractivity contribution in [3.05, 3.63) is 29.8 Å². The molecule has 154 valence electrons. The van der Waals surface area contributed by atoms with E-state index in [0.29, 0.717) is 10.9 Å². The molecule has 3 rings (SSSR count). The number of Topliss-reactive ketones (excluding diaryl/α,β-unsaturated/α-hetero) is 1. The number of rotatable bonds is 6. The molecule has 1 fully saturated rings. The minimum absolute atomic E-state index is 0.00332. The number of nitrogens with one attached hydrogen (secondary N) is 1. The highest BCUT2D eigenvalue weighted by molar-refractivity contribution is 8.15. The van der Waals surface area contributed by atoms with Crippen LogP contribution in [0, 0.1) is 0 Å². The van der Waals surface area contributed by atoms with Crippen molar-refractivity contribution >= 4 is 46.2 Å². The molecule has 1 aromatic carbocycles. The number of nitrogens with zero attached hydrogens (tertiary/aromatic N) is 2. The Kier molecular flexibility index (Phi) is 7.03. The molecule has 2 amide bonds. The molecule has 2 heterocycles. The van der Waals surface area contributed by atoms with E-state index in [2.05, 4.69) is 15.2 Å². The highest BCUT2D eigenvalue weighted by atomic mass is 32.2. The van der Waals surface area contributed by atoms with E-state index in [1.807, 2.05) is 0 Å². The van der Waals surface area contributed by atoms with Crippen LogP contribution in [0.25, 0.3) is 0 Å². The number of anilines is 1. The predicted octanol–water partition coefficient (Wildman–Crippen LogP) is 2.24. The van der Waals surface area contributed by atoms with Gasteiger partial charge in [-0.05, 0) is 44.4 Å². The molecule has 9 heteroatoms. The first kappa shape index (κ1) is 21.0. The number of aliphatic imine (C=N–C) groups is 1. The topological polar surface area (TPSA) is 105 Å². The summed E-state index contributed by atoms with van der Waals surface area (Å²) in [5.74, 6) is -1.52. The maximum atomic E-state index is 12.4. The second kappa shape index (κ2) is 9.69. The fourth-order valence-electron chi connectivity index (χ4n) is 3.08. The normalized spacial score (nSPS) is 18.9. The van der Waals surface area contributed by atoms with E-state index in [-0.39, 0.29) is 36.2 Å². The number of esters is 1. The fourth-order valence-corrected chi connectivity index (χ4v) is 4.20. The standard InChI is InChI=1S/C20H23N3O5S/c1-13(24)12-28-19(27)14-6-5-7-15(10-14)21-17(25)11-16-18(26)22-20(29-16)23-8-3-2-4-9-23/h5-7,10,16H,2-4,8-9,11-12H2,1H3,(H,21,25)/t16-/m0/s1. The molecule has 1 atom stereocenters. The molecule has 0 aromatic heterocycles. The SMILES string of the molecule is CC(=O)COC(=O)c1cccc(NC(=O)C[C@@H]2SC(N3CCCCC3)=NC2=O)c1. The second-order valence-electron chi connectivity index (χ2n) is 7.00. The zero-order valence-electron chi connectivity index (χ0n) is 16.2. The molecular formula is C20H23N3O5S. The third-order valence-corrected chi connectivity index (χ3v) is 5.73. The first-order chi connectivity index (χ1) is 13.9. The highest BCUT2D eigenvalue weighted by Crippen LogP contribution is 2.29. The van der Waals surface area contributed by atoms with Gasteiger partial charge in [-0.3, -0.25) is 14.4 Å². The number of ether oxygens (including phenoxy) is 1. The molecule has 0 saturated carbocycles. The average Bonchev–Trinajstić information content (AvgIpc) is 3.07. The quantitative estimate of drug-likeness (QED) is 0.708. The van der Waals surface area contributed by atoms with Crippen molar-refractivity contribution < 1.29 is 23.9 Å². The van der Waals surface area contributed by atoms with Gasteiger partial charge in [0.05, 0.1) is 5.56 Å². The van der Waals surface area contributed by atoms with Crippen molar-refractivity contribution in [3.8, 4) is 0 Å². The molecule has 29 heavy (non-hydrogen) atoms. The number of amidine groups is 1. The van der Waals surface area contributed by atoms with Crippen LogP contribution in [0.3, 0.4) is 0 Å². The van der Waals surface area contributed by atoms with Gasteiger partial charge in [0.1, 0.15) is 11.9 Å². The van der Waals surface area contributed by atoms with E-state index in [0.717, 1.165) is 25.9 Å². The van der Waals surface area contributed by atoms with Crippen LogP contribution in [-0.2, 0) is 19.1 Å². The summed E-state index contributed by atoms with van der Waals surface area (Å²) in [4.78, 5) is 53.7. The van der Waals surface area contributed by atoms with Gasteiger partial charge in [-0.15, -0.1) is 0 Å². The Morgan fingerprint density at radius 2 is 2.00 bits per heavy atom. The number of carbonyl (C=O) groups is 4. The average molecular weight is 417 g/mol. The number of amides is 2. The van der Waals surface area contributed by atoms with E-state index in [4.69, 9.17) is 4.74 Å². The Balaban J connectivity index is 1.53. The zero-order chi connectivity index (χ0) is 20.8. The summed E-state index contributed by atoms with van der Waals surface area (Å²) in [5, 5.41) is 2.88. The molecule has 1 aromatic rings. The molecule has 2 aliphatic heterocycles. The largest absolute Gasteiger partial charge is 0.454 e. The van der Waals surface area contributed by atoms with Gasteiger partial charge < -0.3 is 15.0 Å². The van der Waals surface area contributed by atoms with Crippen LogP contribution in [0.4, 0.5) is 5.69 Å². The summed E-state index contributed by atoms with van der Waals surface area (Å²) in [6.07, 6.45) is 3.37. The van der Waals surface area contributed by atoms with Gasteiger partial charge in [0.2, 0.25) is 5.91 Å². The van der Waals surface area contributed by atoms with Crippen LogP contribution in [0.2, 0.25) is 0 Å². The molecule has 0 aliphatic carbocycles. The van der Waals surface area contributed by atoms with Gasteiger partial charge in [0.25, 0.3) is 5.91 Å². The lowest BCUT2D eigenvalue weighted by Gasteiger charge is -2.27. The zero-order valence-corrected chi connectivity index (χ0v) is 17.0. The lowest BCUT2D eigenvalue weighted by molar-refractivity contribution is -0.121. The summed E-state index contributed by atoms with van der Waals surface area (Å²) in [5.41, 5.74) is 0.644. The Morgan fingerprint density at radius 1 is 1.24 bits per heavy atom. The Bertz CT molecular complexity index is 848. The van der Waals surface area contributed by atoms with Crippen LogP contribution >= 0.6 is 11.8 Å². The van der Waals surface area contributed by atoms with Crippen molar-refractivity contribution in [2.75, 3.05) is 25.0 Å². The van der Waals surface area contributed by atoms with E-state index in [1.54, 1.807) is 12.1 Å². The van der Waals surface area contributed by atoms with Crippen LogP contribution in [0.15, 0.2) is 29.3 Å². The number of ketones is 1. The van der Waals surface area contributed by atoms with Gasteiger partial charge in [-0.2, -0.15) is 4.99 Å². The van der Waals surface area contributed by atoms with Gasteiger partial charge in [-0.25, -0.2) is 4.79 Å². The van der Waals surface area contributed by atoms with Crippen molar-refractivity contribution in [1.82, 2.24) is 4.90 Å². The second-order valence-corrected chi connectivity index (χ2v) is 8.17. The number of benzene rings is 1. The first-order valence-electron chi connectivity index (χ1n) is 9.53. The third-order valence-electron chi connectivity index (χ3n) is 4.51. The van der Waals surface area contributed by atoms with Gasteiger partial charge in [0, 0.05) is 25.2 Å². The molecule has 1 saturated heterocycles. The maximum absolute atomic E-state index is 12.4. The van der Waals surface area contributed by atoms with Crippen molar-refractivity contribution in [3.63, 3.8) is 0 Å². The maximum Gasteiger partial charge on any atom is 0.338 e. The number of piperidine rings is 1. The van der Waals surface area contributed by atoms with Gasteiger partial charge in [0.15, 0.2) is 11.0 Å². The minimum Gasteiger partial charge on any atom is -0.454 e. The van der Waals surface area contributed by atoms with E-state index in [9.17, 15) is 19.2 Å². The summed E-state index contributed by atoms with van der Waals surface area (Å²) in [6.45, 7) is 2.82. The Labute approximate surface area is 173 Å². The molecular weight excluding hydrogens is 394 g/mol. The Morgan fingerprint density at radius 3 is 2.72 bits per heavy atom. The van der Waals surface area contributed by atoms with Crippen LogP contribution in [0.1, 0.15) is 43.0 Å². The van der Waals surface area contributed by atoms with Crippen LogP contribution in [-0.4, -0.2) is 58.6 Å². The fraction of sp³-hybridized carbons (Fsp3) is 0.450. The van der Waals surface area contributed by atoms with Crippen LogP contribution in [0.5, 0.6) is 0 Å². The summed E-state index contributed by atoms with van der Waals surface area (Å²) in [6, 6.07) is 6.25. The molecule has 0 bridgehead atoms. The van der Waals surface area contributed by atoms with Gasteiger partial charge >= 0.3 is 5.97 Å². The number of hydrogen-bond donors (Lipinski definition) is 1. The number of thioether (sulfide) groups is 1. The minimum atomic E-state index is -0.641. The third kappa shape index (κ3) is 5.90. The van der Waals surface area contributed by atoms with Crippen LogP contribution < -0.4 is 5.32 Å². The van der Waals surface area contributed by atoms with Crippen molar-refractivity contribution in [2.45, 2.75) is 37.9 Å².